The molecule has 0 saturated carbocycles. The highest BCUT2D eigenvalue weighted by Crippen LogP contribution is 2.27. The summed E-state index contributed by atoms with van der Waals surface area (Å²) in [5, 5.41) is 0.974. The maximum absolute atomic E-state index is 13.7. The van der Waals surface area contributed by atoms with E-state index in [1.165, 1.54) is 18.2 Å². The van der Waals surface area contributed by atoms with Gasteiger partial charge in [0.25, 0.3) is 11.5 Å². The second-order valence-corrected chi connectivity index (χ2v) is 7.55. The molecule has 1 unspecified atom stereocenters. The van der Waals surface area contributed by atoms with Crippen LogP contribution in [0, 0.1) is 5.82 Å². The van der Waals surface area contributed by atoms with Crippen LogP contribution in [0.25, 0.3) is 10.9 Å². The van der Waals surface area contributed by atoms with Gasteiger partial charge in [0.05, 0.1) is 16.9 Å². The first-order valence-electron chi connectivity index (χ1n) is 10.2. The summed E-state index contributed by atoms with van der Waals surface area (Å²) in [6.07, 6.45) is 1.27. The van der Waals surface area contributed by atoms with Crippen molar-refractivity contribution in [3.8, 4) is 0 Å². The lowest BCUT2D eigenvalue weighted by Crippen LogP contribution is -2.39. The first-order valence-corrected chi connectivity index (χ1v) is 10.6. The zero-order valence-corrected chi connectivity index (χ0v) is 18.1. The molecule has 158 valence electrons. The minimum atomic E-state index is -0.464. The van der Waals surface area contributed by atoms with Crippen molar-refractivity contribution in [2.75, 3.05) is 6.54 Å². The normalized spacial score (nSPS) is 12.2. The molecule has 7 heteroatoms. The highest BCUT2D eigenvalue weighted by atomic mass is 35.5. The molecule has 3 aromatic rings. The molecule has 2 aromatic carbocycles. The monoisotopic (exact) mass is 429 g/mol. The number of benzene rings is 2. The van der Waals surface area contributed by atoms with E-state index < -0.39 is 11.9 Å². The Hall–Kier alpha value is -2.73. The zero-order valence-electron chi connectivity index (χ0n) is 17.4. The van der Waals surface area contributed by atoms with Crippen molar-refractivity contribution < 1.29 is 9.18 Å². The number of hydrogen-bond donors (Lipinski definition) is 0. The maximum Gasteiger partial charge on any atom is 0.261 e. The van der Waals surface area contributed by atoms with Gasteiger partial charge in [0.1, 0.15) is 11.6 Å². The first kappa shape index (κ1) is 22.0. The third kappa shape index (κ3) is 4.24. The van der Waals surface area contributed by atoms with Gasteiger partial charge in [0.2, 0.25) is 0 Å². The Morgan fingerprint density at radius 2 is 1.97 bits per heavy atom. The van der Waals surface area contributed by atoms with Crippen LogP contribution in [0.4, 0.5) is 4.39 Å². The smallest absolute Gasteiger partial charge is 0.261 e. The molecule has 0 radical (unpaired) electrons. The van der Waals surface area contributed by atoms with Crippen LogP contribution >= 0.6 is 11.6 Å². The van der Waals surface area contributed by atoms with Gasteiger partial charge in [-0.3, -0.25) is 14.2 Å². The van der Waals surface area contributed by atoms with E-state index in [2.05, 4.69) is 0 Å². The Balaban J connectivity index is 2.17. The fraction of sp³-hybridized carbons (Fsp3) is 0.348. The minimum absolute atomic E-state index is 0.165. The van der Waals surface area contributed by atoms with Crippen LogP contribution < -0.4 is 5.56 Å². The summed E-state index contributed by atoms with van der Waals surface area (Å²) in [5.74, 6) is -0.237. The first-order chi connectivity index (χ1) is 14.4. The maximum atomic E-state index is 13.7. The molecule has 0 aliphatic rings. The lowest BCUT2D eigenvalue weighted by molar-refractivity contribution is 0.0656. The number of aromatic nitrogens is 2. The predicted molar refractivity (Wildman–Crippen MR) is 117 cm³/mol. The molecule has 0 bridgehead atoms. The molecule has 1 aromatic heterocycles. The highest BCUT2D eigenvalue weighted by molar-refractivity contribution is 6.31. The molecular formula is C23H25ClFN3O2. The van der Waals surface area contributed by atoms with Crippen molar-refractivity contribution >= 4 is 28.4 Å². The number of amides is 1. The van der Waals surface area contributed by atoms with Crippen LogP contribution in [-0.4, -0.2) is 26.9 Å². The van der Waals surface area contributed by atoms with Crippen LogP contribution in [0.1, 0.15) is 55.8 Å². The topological polar surface area (TPSA) is 55.2 Å². The highest BCUT2D eigenvalue weighted by Gasteiger charge is 2.28. The minimum Gasteiger partial charge on any atom is -0.328 e. The Morgan fingerprint density at radius 3 is 2.60 bits per heavy atom. The molecule has 1 atom stereocenters. The molecule has 1 heterocycles. The van der Waals surface area contributed by atoms with Crippen LogP contribution in [0.15, 0.2) is 47.3 Å². The van der Waals surface area contributed by atoms with Crippen molar-refractivity contribution in [3.63, 3.8) is 0 Å². The van der Waals surface area contributed by atoms with Crippen LogP contribution in [0.2, 0.25) is 5.02 Å². The van der Waals surface area contributed by atoms with E-state index in [0.717, 1.165) is 0 Å². The van der Waals surface area contributed by atoms with E-state index in [0.29, 0.717) is 47.7 Å². The number of fused-ring (bicyclic) bond motifs is 1. The van der Waals surface area contributed by atoms with Crippen molar-refractivity contribution in [1.29, 1.82) is 0 Å². The number of rotatable bonds is 7. The summed E-state index contributed by atoms with van der Waals surface area (Å²) in [4.78, 5) is 32.8. The summed E-state index contributed by atoms with van der Waals surface area (Å²) >= 11 is 6.12. The van der Waals surface area contributed by atoms with Gasteiger partial charge in [-0.15, -0.1) is 0 Å². The molecule has 1 amide bonds. The molecule has 5 nitrogen and oxygen atoms in total. The molecule has 0 saturated heterocycles. The van der Waals surface area contributed by atoms with E-state index in [-0.39, 0.29) is 17.0 Å². The van der Waals surface area contributed by atoms with Gasteiger partial charge in [-0.05, 0) is 56.2 Å². The van der Waals surface area contributed by atoms with Gasteiger partial charge in [-0.25, -0.2) is 9.37 Å². The number of nitrogens with zero attached hydrogens (tertiary/aromatic N) is 3. The third-order valence-corrected chi connectivity index (χ3v) is 5.36. The number of hydrogen-bond acceptors (Lipinski definition) is 3. The van der Waals surface area contributed by atoms with Gasteiger partial charge in [0, 0.05) is 23.7 Å². The summed E-state index contributed by atoms with van der Waals surface area (Å²) < 4.78 is 15.3. The van der Waals surface area contributed by atoms with Crippen molar-refractivity contribution in [1.82, 2.24) is 14.5 Å². The Bertz CT molecular complexity index is 1130. The Morgan fingerprint density at radius 1 is 1.20 bits per heavy atom. The standard InChI is InChI=1S/C23H25ClFN3O2/c1-4-12-28(22(29)15-8-7-9-17(25)13-15)20(5-2)21-26-19-14-16(24)10-11-18(19)23(30)27(21)6-3/h7-11,13-14,20H,4-6,12H2,1-3H3. The SMILES string of the molecule is CCCN(C(=O)c1cccc(F)c1)C(CC)c1nc2cc(Cl)ccc2c(=O)n1CC. The third-order valence-electron chi connectivity index (χ3n) is 5.12. The molecule has 0 aliphatic heterocycles. The van der Waals surface area contributed by atoms with E-state index in [9.17, 15) is 14.0 Å². The number of halogens is 2. The second-order valence-electron chi connectivity index (χ2n) is 7.11. The quantitative estimate of drug-likeness (QED) is 0.517. The lowest BCUT2D eigenvalue weighted by atomic mass is 10.1. The number of carbonyl (C=O) groups is 1. The van der Waals surface area contributed by atoms with Gasteiger partial charge >= 0.3 is 0 Å². The molecule has 0 spiro atoms. The molecular weight excluding hydrogens is 405 g/mol. The second kappa shape index (κ2) is 9.39. The van der Waals surface area contributed by atoms with Crippen LogP contribution in [0.5, 0.6) is 0 Å². The van der Waals surface area contributed by atoms with Crippen molar-refractivity contribution in [2.24, 2.45) is 0 Å². The van der Waals surface area contributed by atoms with Gasteiger partial charge in [0.15, 0.2) is 0 Å². The van der Waals surface area contributed by atoms with Gasteiger partial charge in [-0.1, -0.05) is 31.5 Å². The number of carbonyl (C=O) groups excluding carboxylic acids is 1. The molecule has 3 rings (SSSR count). The average Bonchev–Trinajstić information content (AvgIpc) is 2.73. The fourth-order valence-corrected chi connectivity index (χ4v) is 3.91. The molecule has 0 fully saturated rings. The molecule has 0 aliphatic carbocycles. The van der Waals surface area contributed by atoms with E-state index >= 15 is 0 Å². The molecule has 0 N–H and O–H groups in total. The van der Waals surface area contributed by atoms with Gasteiger partial charge < -0.3 is 4.90 Å². The van der Waals surface area contributed by atoms with E-state index in [1.54, 1.807) is 33.7 Å². The summed E-state index contributed by atoms with van der Waals surface area (Å²) in [6.45, 7) is 6.67. The predicted octanol–water partition coefficient (Wildman–Crippen LogP) is 5.21. The largest absolute Gasteiger partial charge is 0.328 e. The Labute approximate surface area is 180 Å². The average molecular weight is 430 g/mol. The summed E-state index contributed by atoms with van der Waals surface area (Å²) in [6, 6.07) is 10.2. The van der Waals surface area contributed by atoms with E-state index in [4.69, 9.17) is 16.6 Å². The fourth-order valence-electron chi connectivity index (χ4n) is 3.74. The Kier molecular flexibility index (Phi) is 6.87. The van der Waals surface area contributed by atoms with Crippen molar-refractivity contribution in [3.05, 3.63) is 75.0 Å². The molecule has 30 heavy (non-hydrogen) atoms. The van der Waals surface area contributed by atoms with Crippen LogP contribution in [0.3, 0.4) is 0 Å². The zero-order chi connectivity index (χ0) is 21.8. The lowest BCUT2D eigenvalue weighted by Gasteiger charge is -2.32. The van der Waals surface area contributed by atoms with E-state index in [1.807, 2.05) is 20.8 Å². The van der Waals surface area contributed by atoms with Crippen molar-refractivity contribution in [2.45, 2.75) is 46.2 Å². The summed E-state index contributed by atoms with van der Waals surface area (Å²) in [5.41, 5.74) is 0.610. The summed E-state index contributed by atoms with van der Waals surface area (Å²) in [7, 11) is 0. The van der Waals surface area contributed by atoms with Gasteiger partial charge in [-0.2, -0.15) is 0 Å². The van der Waals surface area contributed by atoms with Crippen LogP contribution in [-0.2, 0) is 6.54 Å².